The van der Waals surface area contributed by atoms with Gasteiger partial charge < -0.3 is 5.32 Å². The molecule has 0 radical (unpaired) electrons. The Kier molecular flexibility index (Phi) is 4.66. The van der Waals surface area contributed by atoms with Crippen molar-refractivity contribution in [2.75, 3.05) is 0 Å². The first kappa shape index (κ1) is 13.0. The van der Waals surface area contributed by atoms with Gasteiger partial charge in [-0.25, -0.2) is 0 Å². The second-order valence-corrected chi connectivity index (χ2v) is 5.40. The average molecular weight is 323 g/mol. The molecule has 0 unspecified atom stereocenters. The summed E-state index contributed by atoms with van der Waals surface area (Å²) >= 11 is 4.95. The number of thiophene rings is 1. The zero-order valence-electron chi connectivity index (χ0n) is 9.47. The van der Waals surface area contributed by atoms with Crippen LogP contribution in [0, 0.1) is 0 Å². The molecule has 0 aliphatic heterocycles. The summed E-state index contributed by atoms with van der Waals surface area (Å²) in [5.74, 6) is -0.120. The zero-order valence-corrected chi connectivity index (χ0v) is 11.9. The largest absolute Gasteiger partial charge is 0.347 e. The molecule has 0 aliphatic carbocycles. The summed E-state index contributed by atoms with van der Waals surface area (Å²) in [5, 5.41) is 4.76. The highest BCUT2D eigenvalue weighted by atomic mass is 79.9. The van der Waals surface area contributed by atoms with Crippen LogP contribution in [-0.2, 0) is 11.3 Å². The molecule has 0 fully saturated rings. The van der Waals surface area contributed by atoms with Gasteiger partial charge in [0, 0.05) is 27.0 Å². The van der Waals surface area contributed by atoms with Crippen LogP contribution in [0.15, 0.2) is 46.4 Å². The van der Waals surface area contributed by atoms with E-state index in [1.807, 2.05) is 29.6 Å². The SMILES string of the molecule is O=C(C=Cc1cc(Br)cs1)NCc1ccccn1. The number of pyridine rings is 1. The first-order chi connectivity index (χ1) is 8.74. The maximum Gasteiger partial charge on any atom is 0.244 e. The number of hydrogen-bond acceptors (Lipinski definition) is 3. The number of amides is 1. The second-order valence-electron chi connectivity index (χ2n) is 3.54. The fourth-order valence-electron chi connectivity index (χ4n) is 1.31. The molecule has 0 aromatic carbocycles. The van der Waals surface area contributed by atoms with E-state index in [4.69, 9.17) is 0 Å². The molecule has 3 nitrogen and oxygen atoms in total. The Morgan fingerprint density at radius 2 is 2.39 bits per heavy atom. The molecule has 0 spiro atoms. The van der Waals surface area contributed by atoms with Crippen molar-refractivity contribution in [2.24, 2.45) is 0 Å². The molecule has 92 valence electrons. The third kappa shape index (κ3) is 4.09. The summed E-state index contributed by atoms with van der Waals surface area (Å²) in [7, 11) is 0. The molecule has 5 heteroatoms. The van der Waals surface area contributed by atoms with Crippen LogP contribution in [0.3, 0.4) is 0 Å². The van der Waals surface area contributed by atoms with Crippen LogP contribution in [0.5, 0.6) is 0 Å². The second kappa shape index (κ2) is 6.47. The van der Waals surface area contributed by atoms with Crippen molar-refractivity contribution in [3.8, 4) is 0 Å². The first-order valence-electron chi connectivity index (χ1n) is 5.34. The summed E-state index contributed by atoms with van der Waals surface area (Å²) in [6, 6.07) is 7.58. The summed E-state index contributed by atoms with van der Waals surface area (Å²) in [5.41, 5.74) is 0.845. The van der Waals surface area contributed by atoms with Gasteiger partial charge >= 0.3 is 0 Å². The Morgan fingerprint density at radius 1 is 1.50 bits per heavy atom. The molecule has 0 bridgehead atoms. The summed E-state index contributed by atoms with van der Waals surface area (Å²) in [6.07, 6.45) is 5.03. The minimum absolute atomic E-state index is 0.120. The third-order valence-corrected chi connectivity index (χ3v) is 3.82. The molecule has 2 rings (SSSR count). The number of nitrogens with one attached hydrogen (secondary N) is 1. The van der Waals surface area contributed by atoms with Crippen LogP contribution < -0.4 is 5.32 Å². The minimum Gasteiger partial charge on any atom is -0.347 e. The van der Waals surface area contributed by atoms with E-state index in [0.29, 0.717) is 6.54 Å². The van der Waals surface area contributed by atoms with E-state index in [2.05, 4.69) is 26.2 Å². The van der Waals surface area contributed by atoms with Crippen molar-refractivity contribution in [3.05, 3.63) is 57.0 Å². The Labute approximate surface area is 118 Å². The van der Waals surface area contributed by atoms with E-state index in [1.165, 1.54) is 6.08 Å². The fraction of sp³-hybridized carbons (Fsp3) is 0.0769. The molecule has 1 N–H and O–H groups in total. The molecule has 18 heavy (non-hydrogen) atoms. The monoisotopic (exact) mass is 322 g/mol. The highest BCUT2D eigenvalue weighted by Crippen LogP contribution is 2.20. The van der Waals surface area contributed by atoms with Crippen LogP contribution in [0.1, 0.15) is 10.6 Å². The maximum absolute atomic E-state index is 11.6. The quantitative estimate of drug-likeness (QED) is 0.878. The van der Waals surface area contributed by atoms with Gasteiger partial charge in [-0.3, -0.25) is 9.78 Å². The first-order valence-corrected chi connectivity index (χ1v) is 7.01. The number of aromatic nitrogens is 1. The van der Waals surface area contributed by atoms with Gasteiger partial charge in [0.1, 0.15) is 0 Å². The number of hydrogen-bond donors (Lipinski definition) is 1. The zero-order chi connectivity index (χ0) is 12.8. The number of halogens is 1. The number of rotatable bonds is 4. The van der Waals surface area contributed by atoms with Gasteiger partial charge in [-0.1, -0.05) is 6.07 Å². The Morgan fingerprint density at radius 3 is 3.06 bits per heavy atom. The fourth-order valence-corrected chi connectivity index (χ4v) is 2.65. The highest BCUT2D eigenvalue weighted by Gasteiger charge is 1.98. The van der Waals surface area contributed by atoms with Crippen molar-refractivity contribution in [3.63, 3.8) is 0 Å². The van der Waals surface area contributed by atoms with Crippen molar-refractivity contribution in [1.29, 1.82) is 0 Å². The Balaban J connectivity index is 1.84. The summed E-state index contributed by atoms with van der Waals surface area (Å²) < 4.78 is 1.03. The maximum atomic E-state index is 11.6. The highest BCUT2D eigenvalue weighted by molar-refractivity contribution is 9.10. The summed E-state index contributed by atoms with van der Waals surface area (Å²) in [4.78, 5) is 16.7. The normalized spacial score (nSPS) is 10.7. The van der Waals surface area contributed by atoms with Crippen molar-refractivity contribution >= 4 is 39.2 Å². The standard InChI is InChI=1S/C13H11BrN2OS/c14-10-7-12(18-9-10)4-5-13(17)16-8-11-3-1-2-6-15-11/h1-7,9H,8H2,(H,16,17). The Hall–Kier alpha value is -1.46. The van der Waals surface area contributed by atoms with E-state index in [0.717, 1.165) is 15.0 Å². The molecule has 0 saturated heterocycles. The van der Waals surface area contributed by atoms with Crippen molar-refractivity contribution < 1.29 is 4.79 Å². The molecule has 2 heterocycles. The Bertz CT molecular complexity index is 551. The average Bonchev–Trinajstić information content (AvgIpc) is 2.81. The van der Waals surface area contributed by atoms with E-state index < -0.39 is 0 Å². The lowest BCUT2D eigenvalue weighted by Crippen LogP contribution is -2.20. The predicted molar refractivity (Wildman–Crippen MR) is 77.1 cm³/mol. The molecule has 0 saturated carbocycles. The lowest BCUT2D eigenvalue weighted by atomic mass is 10.3. The summed E-state index contributed by atoms with van der Waals surface area (Å²) in [6.45, 7) is 0.443. The predicted octanol–water partition coefficient (Wildman–Crippen LogP) is 3.24. The topological polar surface area (TPSA) is 42.0 Å². The van der Waals surface area contributed by atoms with E-state index in [1.54, 1.807) is 23.6 Å². The number of nitrogens with zero attached hydrogens (tertiary/aromatic N) is 1. The van der Waals surface area contributed by atoms with E-state index >= 15 is 0 Å². The van der Waals surface area contributed by atoms with Crippen molar-refractivity contribution in [2.45, 2.75) is 6.54 Å². The van der Waals surface area contributed by atoms with Gasteiger partial charge in [0.15, 0.2) is 0 Å². The van der Waals surface area contributed by atoms with Crippen LogP contribution in [0.4, 0.5) is 0 Å². The smallest absolute Gasteiger partial charge is 0.244 e. The van der Waals surface area contributed by atoms with E-state index in [9.17, 15) is 4.79 Å². The molecule has 0 atom stereocenters. The van der Waals surface area contributed by atoms with Gasteiger partial charge in [-0.2, -0.15) is 0 Å². The lowest BCUT2D eigenvalue weighted by molar-refractivity contribution is -0.116. The van der Waals surface area contributed by atoms with Gasteiger partial charge in [0.25, 0.3) is 0 Å². The minimum atomic E-state index is -0.120. The number of carbonyl (C=O) groups excluding carboxylic acids is 1. The molecular weight excluding hydrogens is 312 g/mol. The van der Waals surface area contributed by atoms with Gasteiger partial charge in [-0.15, -0.1) is 11.3 Å². The molecule has 0 aliphatic rings. The van der Waals surface area contributed by atoms with Crippen LogP contribution in [0.2, 0.25) is 0 Å². The molecule has 1 amide bonds. The molecular formula is C13H11BrN2OS. The van der Waals surface area contributed by atoms with E-state index in [-0.39, 0.29) is 5.91 Å². The third-order valence-electron chi connectivity index (χ3n) is 2.16. The van der Waals surface area contributed by atoms with Crippen molar-refractivity contribution in [1.82, 2.24) is 10.3 Å². The lowest BCUT2D eigenvalue weighted by Gasteiger charge is -2.00. The van der Waals surface area contributed by atoms with Crippen LogP contribution in [0.25, 0.3) is 6.08 Å². The van der Waals surface area contributed by atoms with Gasteiger partial charge in [0.05, 0.1) is 12.2 Å². The molecule has 2 aromatic rings. The van der Waals surface area contributed by atoms with Crippen LogP contribution >= 0.6 is 27.3 Å². The van der Waals surface area contributed by atoms with Gasteiger partial charge in [0.2, 0.25) is 5.91 Å². The number of carbonyl (C=O) groups is 1. The molecule has 2 aromatic heterocycles. The van der Waals surface area contributed by atoms with Gasteiger partial charge in [-0.05, 0) is 40.2 Å². The van der Waals surface area contributed by atoms with Crippen LogP contribution in [-0.4, -0.2) is 10.9 Å².